The van der Waals surface area contributed by atoms with Crippen molar-refractivity contribution in [2.45, 2.75) is 31.5 Å². The molecule has 1 rings (SSSR count). The van der Waals surface area contributed by atoms with Gasteiger partial charge >= 0.3 is 6.18 Å². The highest BCUT2D eigenvalue weighted by molar-refractivity contribution is 5.16. The molecule has 1 atom stereocenters. The fourth-order valence-corrected chi connectivity index (χ4v) is 1.66. The molecule has 0 unspecified atom stereocenters. The van der Waals surface area contributed by atoms with Gasteiger partial charge in [-0.2, -0.15) is 13.2 Å². The summed E-state index contributed by atoms with van der Waals surface area (Å²) >= 11 is 0. The van der Waals surface area contributed by atoms with Crippen LogP contribution in [0.4, 0.5) is 13.2 Å². The summed E-state index contributed by atoms with van der Waals surface area (Å²) in [6.07, 6.45) is -0.816. The highest BCUT2D eigenvalue weighted by Gasteiger charge is 2.31. The summed E-state index contributed by atoms with van der Waals surface area (Å²) < 4.78 is 37.0. The van der Waals surface area contributed by atoms with Gasteiger partial charge in [-0.05, 0) is 51.5 Å². The molecule has 0 aliphatic heterocycles. The number of pyridine rings is 1. The van der Waals surface area contributed by atoms with Gasteiger partial charge in [-0.15, -0.1) is 0 Å². The fraction of sp³-hybridized carbons (Fsp3) is 0.615. The molecule has 1 heterocycles. The van der Waals surface area contributed by atoms with Crippen LogP contribution in [0.3, 0.4) is 0 Å². The minimum Gasteiger partial charge on any atom is -0.328 e. The Morgan fingerprint density at radius 2 is 1.95 bits per heavy atom. The van der Waals surface area contributed by atoms with Gasteiger partial charge in [0, 0.05) is 12.2 Å². The van der Waals surface area contributed by atoms with Gasteiger partial charge in [0.1, 0.15) is 5.69 Å². The second-order valence-corrected chi connectivity index (χ2v) is 4.94. The van der Waals surface area contributed by atoms with E-state index in [4.69, 9.17) is 5.73 Å². The minimum absolute atomic E-state index is 0.0599. The summed E-state index contributed by atoms with van der Waals surface area (Å²) in [5.41, 5.74) is 5.87. The van der Waals surface area contributed by atoms with Gasteiger partial charge < -0.3 is 10.6 Å². The average Bonchev–Trinajstić information content (AvgIpc) is 2.33. The van der Waals surface area contributed by atoms with Gasteiger partial charge in [0.05, 0.1) is 0 Å². The molecule has 0 bridgehead atoms. The molecule has 0 saturated carbocycles. The van der Waals surface area contributed by atoms with Crippen molar-refractivity contribution < 1.29 is 13.2 Å². The third-order valence-electron chi connectivity index (χ3n) is 2.87. The first kappa shape index (κ1) is 15.9. The number of hydrogen-bond acceptors (Lipinski definition) is 3. The van der Waals surface area contributed by atoms with E-state index < -0.39 is 11.9 Å². The average molecular weight is 275 g/mol. The number of halogens is 3. The molecule has 0 saturated heterocycles. The molecule has 2 N–H and O–H groups in total. The molecular formula is C13H20F3N3. The molecule has 0 amide bonds. The van der Waals surface area contributed by atoms with Crippen LogP contribution in [0.25, 0.3) is 0 Å². The molecule has 6 heteroatoms. The van der Waals surface area contributed by atoms with Crippen molar-refractivity contribution in [2.75, 3.05) is 20.6 Å². The number of aryl methyl sites for hydroxylation is 1. The van der Waals surface area contributed by atoms with Gasteiger partial charge in [0.2, 0.25) is 0 Å². The van der Waals surface area contributed by atoms with Gasteiger partial charge in [0.15, 0.2) is 0 Å². The lowest BCUT2D eigenvalue weighted by molar-refractivity contribution is -0.141. The number of aromatic nitrogens is 1. The Morgan fingerprint density at radius 3 is 2.42 bits per heavy atom. The van der Waals surface area contributed by atoms with E-state index in [0.717, 1.165) is 31.0 Å². The van der Waals surface area contributed by atoms with Crippen molar-refractivity contribution >= 4 is 0 Å². The number of rotatable bonds is 6. The quantitative estimate of drug-likeness (QED) is 0.866. The van der Waals surface area contributed by atoms with E-state index >= 15 is 0 Å². The lowest BCUT2D eigenvalue weighted by atomic mass is 10.0. The van der Waals surface area contributed by atoms with E-state index in [1.807, 2.05) is 14.1 Å². The number of hydrogen-bond donors (Lipinski definition) is 1. The Balaban J connectivity index is 2.42. The molecule has 108 valence electrons. The van der Waals surface area contributed by atoms with Crippen LogP contribution in [0.5, 0.6) is 0 Å². The van der Waals surface area contributed by atoms with Crippen molar-refractivity contribution in [3.8, 4) is 0 Å². The Bertz CT molecular complexity index is 374. The van der Waals surface area contributed by atoms with E-state index in [1.165, 1.54) is 12.3 Å². The molecule has 1 aromatic rings. The smallest absolute Gasteiger partial charge is 0.328 e. The summed E-state index contributed by atoms with van der Waals surface area (Å²) in [5, 5.41) is 0. The fourth-order valence-electron chi connectivity index (χ4n) is 1.66. The molecule has 1 aromatic heterocycles. The van der Waals surface area contributed by atoms with Crippen molar-refractivity contribution in [3.05, 3.63) is 29.6 Å². The predicted molar refractivity (Wildman–Crippen MR) is 68.7 cm³/mol. The van der Waals surface area contributed by atoms with E-state index in [0.29, 0.717) is 6.42 Å². The van der Waals surface area contributed by atoms with Crippen LogP contribution in [0.2, 0.25) is 0 Å². The second-order valence-electron chi connectivity index (χ2n) is 4.94. The van der Waals surface area contributed by atoms with Crippen LogP contribution in [-0.2, 0) is 12.6 Å². The zero-order valence-electron chi connectivity index (χ0n) is 11.2. The first-order valence-electron chi connectivity index (χ1n) is 6.21. The first-order chi connectivity index (χ1) is 8.79. The number of nitrogens with zero attached hydrogens (tertiary/aromatic N) is 2. The van der Waals surface area contributed by atoms with Crippen molar-refractivity contribution in [2.24, 2.45) is 5.73 Å². The molecule has 0 aromatic carbocycles. The Hall–Kier alpha value is -1.14. The van der Waals surface area contributed by atoms with Gasteiger partial charge in [-0.1, -0.05) is 6.07 Å². The summed E-state index contributed by atoms with van der Waals surface area (Å²) in [4.78, 5) is 5.48. The normalized spacial score (nSPS) is 13.8. The highest BCUT2D eigenvalue weighted by Crippen LogP contribution is 2.27. The molecule has 19 heavy (non-hydrogen) atoms. The third-order valence-corrected chi connectivity index (χ3v) is 2.87. The summed E-state index contributed by atoms with van der Waals surface area (Å²) in [5.74, 6) is 0. The maximum absolute atomic E-state index is 12.3. The lowest BCUT2D eigenvalue weighted by Crippen LogP contribution is -2.26. The van der Waals surface area contributed by atoms with Crippen LogP contribution in [-0.4, -0.2) is 36.6 Å². The summed E-state index contributed by atoms with van der Waals surface area (Å²) in [7, 11) is 3.96. The molecule has 0 radical (unpaired) electrons. The summed E-state index contributed by atoms with van der Waals surface area (Å²) in [6, 6.07) is 2.54. The largest absolute Gasteiger partial charge is 0.433 e. The molecule has 0 aliphatic carbocycles. The van der Waals surface area contributed by atoms with E-state index in [9.17, 15) is 13.2 Å². The van der Waals surface area contributed by atoms with E-state index in [-0.39, 0.29) is 6.04 Å². The van der Waals surface area contributed by atoms with Crippen LogP contribution in [0.15, 0.2) is 18.3 Å². The Kier molecular flexibility index (Phi) is 5.75. The van der Waals surface area contributed by atoms with Crippen LogP contribution in [0.1, 0.15) is 24.1 Å². The van der Waals surface area contributed by atoms with Crippen molar-refractivity contribution in [3.63, 3.8) is 0 Å². The van der Waals surface area contributed by atoms with Gasteiger partial charge in [-0.3, -0.25) is 4.98 Å². The summed E-state index contributed by atoms with van der Waals surface area (Å²) in [6.45, 7) is 0.909. The van der Waals surface area contributed by atoms with Crippen molar-refractivity contribution in [1.82, 2.24) is 9.88 Å². The minimum atomic E-state index is -4.37. The molecule has 0 spiro atoms. The second kappa shape index (κ2) is 6.86. The van der Waals surface area contributed by atoms with Crippen LogP contribution in [0, 0.1) is 0 Å². The molecule has 0 fully saturated rings. The maximum Gasteiger partial charge on any atom is 0.433 e. The zero-order valence-corrected chi connectivity index (χ0v) is 11.2. The zero-order chi connectivity index (χ0) is 14.5. The number of alkyl halides is 3. The van der Waals surface area contributed by atoms with E-state index in [1.54, 1.807) is 0 Å². The molecule has 0 aliphatic rings. The third kappa shape index (κ3) is 6.02. The predicted octanol–water partition coefficient (Wildman–Crippen LogP) is 2.31. The molecule has 3 nitrogen and oxygen atoms in total. The number of nitrogens with two attached hydrogens (primary N) is 1. The SMILES string of the molecule is CN(C)CC[C@@H](N)CCc1ccc(C(F)(F)F)nc1. The lowest BCUT2D eigenvalue weighted by Gasteiger charge is -2.15. The molecular weight excluding hydrogens is 255 g/mol. The maximum atomic E-state index is 12.3. The monoisotopic (exact) mass is 275 g/mol. The van der Waals surface area contributed by atoms with Gasteiger partial charge in [0.25, 0.3) is 0 Å². The van der Waals surface area contributed by atoms with Crippen LogP contribution >= 0.6 is 0 Å². The highest BCUT2D eigenvalue weighted by atomic mass is 19.4. The Labute approximate surface area is 111 Å². The standard InChI is InChI=1S/C13H20F3N3/c1-19(2)8-7-11(17)5-3-10-4-6-12(18-9-10)13(14,15)16/h4,6,9,11H,3,5,7-8,17H2,1-2H3/t11-/m0/s1. The first-order valence-corrected chi connectivity index (χ1v) is 6.21. The van der Waals surface area contributed by atoms with Crippen molar-refractivity contribution in [1.29, 1.82) is 0 Å². The topological polar surface area (TPSA) is 42.1 Å². The Morgan fingerprint density at radius 1 is 1.26 bits per heavy atom. The van der Waals surface area contributed by atoms with Gasteiger partial charge in [-0.25, -0.2) is 0 Å². The van der Waals surface area contributed by atoms with E-state index in [2.05, 4.69) is 9.88 Å². The van der Waals surface area contributed by atoms with Crippen LogP contribution < -0.4 is 5.73 Å².